The third kappa shape index (κ3) is 4.04. The summed E-state index contributed by atoms with van der Waals surface area (Å²) < 4.78 is 19.6. The van der Waals surface area contributed by atoms with Gasteiger partial charge in [0.05, 0.1) is 12.8 Å². The summed E-state index contributed by atoms with van der Waals surface area (Å²) in [4.78, 5) is 40.9. The van der Waals surface area contributed by atoms with Gasteiger partial charge in [0, 0.05) is 6.54 Å². The quantitative estimate of drug-likeness (QED) is 0.702. The molecule has 7 nitrogen and oxygen atoms in total. The average Bonchev–Trinajstić information content (AvgIpc) is 3.01. The summed E-state index contributed by atoms with van der Waals surface area (Å²) in [6.07, 6.45) is 2.33. The number of hydrogen-bond donors (Lipinski definition) is 1. The Morgan fingerprint density at radius 3 is 2.66 bits per heavy atom. The summed E-state index contributed by atoms with van der Waals surface area (Å²) in [6, 6.07) is 11.6. The zero-order chi connectivity index (χ0) is 22.9. The molecular formula is C24H26FN3O4. The van der Waals surface area contributed by atoms with Crippen LogP contribution < -0.4 is 15.0 Å². The Morgan fingerprint density at radius 1 is 1.19 bits per heavy atom. The number of para-hydroxylation sites is 1. The second kappa shape index (κ2) is 8.61. The van der Waals surface area contributed by atoms with Gasteiger partial charge in [-0.15, -0.1) is 0 Å². The molecule has 2 heterocycles. The molecule has 0 radical (unpaired) electrons. The fraction of sp³-hybridized carbons (Fsp3) is 0.375. The lowest BCUT2D eigenvalue weighted by molar-refractivity contribution is -0.134. The first-order chi connectivity index (χ1) is 15.3. The van der Waals surface area contributed by atoms with Gasteiger partial charge in [0.15, 0.2) is 0 Å². The molecule has 168 valence electrons. The molecule has 4 rings (SSSR count). The molecule has 1 fully saturated rings. The van der Waals surface area contributed by atoms with Gasteiger partial charge in [0.25, 0.3) is 5.91 Å². The van der Waals surface area contributed by atoms with E-state index in [1.807, 2.05) is 24.3 Å². The highest BCUT2D eigenvalue weighted by atomic mass is 19.1. The molecule has 2 aromatic rings. The fourth-order valence-electron chi connectivity index (χ4n) is 4.32. The van der Waals surface area contributed by atoms with E-state index in [1.165, 1.54) is 11.0 Å². The molecule has 0 bridgehead atoms. The van der Waals surface area contributed by atoms with Crippen LogP contribution in [0, 0.1) is 5.82 Å². The van der Waals surface area contributed by atoms with E-state index in [1.54, 1.807) is 26.2 Å². The number of benzene rings is 2. The predicted molar refractivity (Wildman–Crippen MR) is 117 cm³/mol. The van der Waals surface area contributed by atoms with Crippen molar-refractivity contribution in [3.8, 4) is 5.75 Å². The molecule has 0 aromatic heterocycles. The lowest BCUT2D eigenvalue weighted by Gasteiger charge is -2.31. The Kier molecular flexibility index (Phi) is 5.86. The third-order valence-electron chi connectivity index (χ3n) is 6.18. The SMILES string of the molecule is COc1ccc(CC[C@@]2(C)NC(=O)N(CC(=O)N3CCCc4cccc(F)c43)C2=O)cc1. The van der Waals surface area contributed by atoms with Crippen molar-refractivity contribution in [2.24, 2.45) is 0 Å². The van der Waals surface area contributed by atoms with Crippen molar-refractivity contribution in [2.75, 3.05) is 25.1 Å². The minimum absolute atomic E-state index is 0.248. The molecule has 2 aliphatic rings. The first-order valence-electron chi connectivity index (χ1n) is 10.7. The monoisotopic (exact) mass is 439 g/mol. The van der Waals surface area contributed by atoms with Gasteiger partial charge in [-0.25, -0.2) is 9.18 Å². The van der Waals surface area contributed by atoms with Gasteiger partial charge in [-0.2, -0.15) is 0 Å². The summed E-state index contributed by atoms with van der Waals surface area (Å²) in [5.74, 6) is -0.656. The van der Waals surface area contributed by atoms with Crippen LogP contribution in [0.1, 0.15) is 30.9 Å². The Hall–Kier alpha value is -3.42. The van der Waals surface area contributed by atoms with E-state index in [9.17, 15) is 18.8 Å². The van der Waals surface area contributed by atoms with E-state index in [0.717, 1.165) is 21.8 Å². The van der Waals surface area contributed by atoms with Gasteiger partial charge in [-0.05, 0) is 61.9 Å². The molecule has 1 N–H and O–H groups in total. The third-order valence-corrected chi connectivity index (χ3v) is 6.18. The van der Waals surface area contributed by atoms with Crippen molar-refractivity contribution < 1.29 is 23.5 Å². The maximum absolute atomic E-state index is 14.4. The van der Waals surface area contributed by atoms with Gasteiger partial charge in [-0.1, -0.05) is 24.3 Å². The highest BCUT2D eigenvalue weighted by Gasteiger charge is 2.48. The zero-order valence-electron chi connectivity index (χ0n) is 18.2. The van der Waals surface area contributed by atoms with Crippen LogP contribution in [-0.2, 0) is 22.4 Å². The standard InChI is InChI=1S/C24H26FN3O4/c1-24(13-12-16-8-10-18(32-2)11-9-16)22(30)28(23(31)26-24)15-20(29)27-14-4-6-17-5-3-7-19(25)21(17)27/h3,5,7-11H,4,6,12-15H2,1-2H3,(H,26,31)/t24-/m1/s1. The predicted octanol–water partition coefficient (Wildman–Crippen LogP) is 3.06. The number of imide groups is 1. The normalized spacial score (nSPS) is 20.2. The van der Waals surface area contributed by atoms with E-state index in [0.29, 0.717) is 32.2 Å². The number of ether oxygens (including phenoxy) is 1. The number of carbonyl (C=O) groups is 3. The molecule has 2 aliphatic heterocycles. The maximum atomic E-state index is 14.4. The first kappa shape index (κ1) is 21.8. The lowest BCUT2D eigenvalue weighted by Crippen LogP contribution is -2.47. The minimum atomic E-state index is -1.11. The van der Waals surface area contributed by atoms with Crippen molar-refractivity contribution in [1.82, 2.24) is 10.2 Å². The summed E-state index contributed by atoms with van der Waals surface area (Å²) in [5, 5.41) is 2.73. The Balaban J connectivity index is 1.44. The topological polar surface area (TPSA) is 79.0 Å². The van der Waals surface area contributed by atoms with Gasteiger partial charge in [0.1, 0.15) is 23.7 Å². The molecule has 1 saturated heterocycles. The minimum Gasteiger partial charge on any atom is -0.497 e. The molecule has 8 heteroatoms. The maximum Gasteiger partial charge on any atom is 0.325 e. The van der Waals surface area contributed by atoms with Gasteiger partial charge < -0.3 is 15.0 Å². The largest absolute Gasteiger partial charge is 0.497 e. The summed E-state index contributed by atoms with van der Waals surface area (Å²) in [7, 11) is 1.59. The van der Waals surface area contributed by atoms with E-state index >= 15 is 0 Å². The van der Waals surface area contributed by atoms with Crippen molar-refractivity contribution in [3.05, 3.63) is 59.4 Å². The number of amides is 4. The van der Waals surface area contributed by atoms with E-state index < -0.39 is 35.7 Å². The second-order valence-electron chi connectivity index (χ2n) is 8.40. The Bertz CT molecular complexity index is 1060. The number of rotatable bonds is 6. The van der Waals surface area contributed by atoms with Crippen molar-refractivity contribution in [2.45, 2.75) is 38.1 Å². The molecule has 2 aromatic carbocycles. The van der Waals surface area contributed by atoms with Crippen LogP contribution in [0.5, 0.6) is 5.75 Å². The van der Waals surface area contributed by atoms with E-state index in [-0.39, 0.29) is 5.69 Å². The molecular weight excluding hydrogens is 413 g/mol. The Labute approximate surface area is 186 Å². The fourth-order valence-corrected chi connectivity index (χ4v) is 4.32. The first-order valence-corrected chi connectivity index (χ1v) is 10.7. The van der Waals surface area contributed by atoms with Crippen LogP contribution in [0.4, 0.5) is 14.9 Å². The molecule has 0 unspecified atom stereocenters. The number of nitrogens with one attached hydrogen (secondary N) is 1. The summed E-state index contributed by atoms with van der Waals surface area (Å²) >= 11 is 0. The van der Waals surface area contributed by atoms with E-state index in [2.05, 4.69) is 5.32 Å². The number of urea groups is 1. The van der Waals surface area contributed by atoms with Crippen molar-refractivity contribution in [1.29, 1.82) is 0 Å². The van der Waals surface area contributed by atoms with Crippen molar-refractivity contribution >= 4 is 23.5 Å². The van der Waals surface area contributed by atoms with Gasteiger partial charge >= 0.3 is 6.03 Å². The number of nitrogens with zero attached hydrogens (tertiary/aromatic N) is 2. The average molecular weight is 439 g/mol. The van der Waals surface area contributed by atoms with Gasteiger partial charge in [-0.3, -0.25) is 14.5 Å². The molecule has 0 aliphatic carbocycles. The number of aryl methyl sites for hydroxylation is 2. The molecule has 4 amide bonds. The lowest BCUT2D eigenvalue weighted by atomic mass is 9.93. The second-order valence-corrected chi connectivity index (χ2v) is 8.40. The molecule has 0 spiro atoms. The van der Waals surface area contributed by atoms with Crippen molar-refractivity contribution in [3.63, 3.8) is 0 Å². The van der Waals surface area contributed by atoms with Crippen LogP contribution >= 0.6 is 0 Å². The number of methoxy groups -OCH3 is 1. The highest BCUT2D eigenvalue weighted by Crippen LogP contribution is 2.31. The number of fused-ring (bicyclic) bond motifs is 1. The number of anilines is 1. The van der Waals surface area contributed by atoms with Crippen LogP contribution in [0.2, 0.25) is 0 Å². The smallest absolute Gasteiger partial charge is 0.325 e. The van der Waals surface area contributed by atoms with Crippen LogP contribution in [-0.4, -0.2) is 48.5 Å². The number of carbonyl (C=O) groups excluding carboxylic acids is 3. The van der Waals surface area contributed by atoms with Crippen LogP contribution in [0.3, 0.4) is 0 Å². The number of halogens is 1. The summed E-state index contributed by atoms with van der Waals surface area (Å²) in [5.41, 5.74) is 0.899. The Morgan fingerprint density at radius 2 is 1.94 bits per heavy atom. The molecule has 32 heavy (non-hydrogen) atoms. The van der Waals surface area contributed by atoms with Crippen LogP contribution in [0.15, 0.2) is 42.5 Å². The molecule has 0 saturated carbocycles. The zero-order valence-corrected chi connectivity index (χ0v) is 18.2. The summed E-state index contributed by atoms with van der Waals surface area (Å²) in [6.45, 7) is 1.60. The van der Waals surface area contributed by atoms with Gasteiger partial charge in [0.2, 0.25) is 5.91 Å². The number of hydrogen-bond acceptors (Lipinski definition) is 4. The van der Waals surface area contributed by atoms with E-state index in [4.69, 9.17) is 4.74 Å². The highest BCUT2D eigenvalue weighted by molar-refractivity contribution is 6.10. The van der Waals surface area contributed by atoms with Crippen LogP contribution in [0.25, 0.3) is 0 Å². The molecule has 1 atom stereocenters.